The lowest BCUT2D eigenvalue weighted by atomic mass is 10.3. The molecule has 0 N–H and O–H groups in total. The summed E-state index contributed by atoms with van der Waals surface area (Å²) in [6.07, 6.45) is 1.56. The van der Waals surface area contributed by atoms with Gasteiger partial charge in [0, 0.05) is 17.7 Å². The highest BCUT2D eigenvalue weighted by Gasteiger charge is 2.11. The Labute approximate surface area is 148 Å². The lowest BCUT2D eigenvalue weighted by molar-refractivity contribution is -0.132. The highest BCUT2D eigenvalue weighted by atomic mass is 79.9. The van der Waals surface area contributed by atoms with E-state index in [1.54, 1.807) is 30.3 Å². The summed E-state index contributed by atoms with van der Waals surface area (Å²) in [4.78, 5) is 17.4. The second-order valence-electron chi connectivity index (χ2n) is 4.70. The Morgan fingerprint density at radius 3 is 2.70 bits per heavy atom. The van der Waals surface area contributed by atoms with E-state index in [9.17, 15) is 4.79 Å². The van der Waals surface area contributed by atoms with Gasteiger partial charge in [0.05, 0.1) is 6.54 Å². The second-order valence-corrected chi connectivity index (χ2v) is 5.97. The van der Waals surface area contributed by atoms with Crippen molar-refractivity contribution in [2.75, 3.05) is 26.8 Å². The Kier molecular flexibility index (Phi) is 6.67. The maximum atomic E-state index is 12.0. The summed E-state index contributed by atoms with van der Waals surface area (Å²) in [6, 6.07) is 10.9. The van der Waals surface area contributed by atoms with Crippen LogP contribution in [0.2, 0.25) is 5.15 Å². The normalized spacial score (nSPS) is 10.2. The molecule has 5 nitrogen and oxygen atoms in total. The molecule has 0 bridgehead atoms. The lowest BCUT2D eigenvalue weighted by Gasteiger charge is -2.18. The molecule has 2 rings (SSSR count). The number of hydrogen-bond donors (Lipinski definition) is 0. The zero-order chi connectivity index (χ0) is 16.7. The molecule has 7 heteroatoms. The number of amides is 1. The molecule has 1 aromatic carbocycles. The molecule has 23 heavy (non-hydrogen) atoms. The van der Waals surface area contributed by atoms with Crippen LogP contribution in [-0.2, 0) is 4.79 Å². The van der Waals surface area contributed by atoms with Gasteiger partial charge in [-0.3, -0.25) is 4.79 Å². The number of hydrogen-bond acceptors (Lipinski definition) is 4. The minimum absolute atomic E-state index is 0.0970. The van der Waals surface area contributed by atoms with Crippen molar-refractivity contribution in [3.63, 3.8) is 0 Å². The van der Waals surface area contributed by atoms with Crippen molar-refractivity contribution in [1.82, 2.24) is 9.88 Å². The summed E-state index contributed by atoms with van der Waals surface area (Å²) in [5, 5.41) is 0.238. The van der Waals surface area contributed by atoms with Crippen LogP contribution in [0.4, 0.5) is 0 Å². The Morgan fingerprint density at radius 2 is 2.00 bits per heavy atom. The molecule has 0 aliphatic heterocycles. The maximum absolute atomic E-state index is 12.0. The number of pyridine rings is 1. The Hall–Kier alpha value is -1.79. The van der Waals surface area contributed by atoms with Crippen molar-refractivity contribution < 1.29 is 14.3 Å². The molecular weight excluding hydrogens is 384 g/mol. The van der Waals surface area contributed by atoms with E-state index in [0.717, 1.165) is 10.2 Å². The number of benzene rings is 1. The summed E-state index contributed by atoms with van der Waals surface area (Å²) < 4.78 is 11.9. The maximum Gasteiger partial charge on any atom is 0.260 e. The number of nitrogens with zero attached hydrogens (tertiary/aromatic N) is 2. The van der Waals surface area contributed by atoms with E-state index in [-0.39, 0.29) is 17.7 Å². The van der Waals surface area contributed by atoms with Crippen LogP contribution in [0.15, 0.2) is 47.1 Å². The van der Waals surface area contributed by atoms with Gasteiger partial charge in [-0.25, -0.2) is 4.98 Å². The van der Waals surface area contributed by atoms with E-state index >= 15 is 0 Å². The fourth-order valence-electron chi connectivity index (χ4n) is 1.68. The van der Waals surface area contributed by atoms with E-state index in [2.05, 4.69) is 20.9 Å². The van der Waals surface area contributed by atoms with Gasteiger partial charge in [-0.15, -0.1) is 0 Å². The molecule has 0 aliphatic carbocycles. The molecule has 0 radical (unpaired) electrons. The molecular formula is C16H16BrClN2O3. The Morgan fingerprint density at radius 1 is 1.26 bits per heavy atom. The molecule has 0 aliphatic rings. The van der Waals surface area contributed by atoms with Crippen LogP contribution >= 0.6 is 27.5 Å². The highest BCUT2D eigenvalue weighted by Crippen LogP contribution is 2.20. The minimum atomic E-state index is -0.163. The van der Waals surface area contributed by atoms with Crippen LogP contribution in [-0.4, -0.2) is 42.6 Å². The average molecular weight is 400 g/mol. The van der Waals surface area contributed by atoms with E-state index in [1.165, 1.54) is 0 Å². The van der Waals surface area contributed by atoms with Gasteiger partial charge in [-0.2, -0.15) is 0 Å². The molecule has 1 aromatic heterocycles. The molecule has 0 saturated carbocycles. The van der Waals surface area contributed by atoms with Crippen molar-refractivity contribution in [1.29, 1.82) is 0 Å². The van der Waals surface area contributed by atoms with Crippen LogP contribution in [0.3, 0.4) is 0 Å². The monoisotopic (exact) mass is 398 g/mol. The first kappa shape index (κ1) is 17.6. The number of carbonyl (C=O) groups excluding carboxylic acids is 1. The van der Waals surface area contributed by atoms with Crippen molar-refractivity contribution in [3.8, 4) is 11.5 Å². The predicted molar refractivity (Wildman–Crippen MR) is 92.0 cm³/mol. The number of carbonyl (C=O) groups is 1. The fourth-order valence-corrected chi connectivity index (χ4v) is 2.12. The van der Waals surface area contributed by atoms with Crippen LogP contribution in [0.1, 0.15) is 0 Å². The van der Waals surface area contributed by atoms with Crippen molar-refractivity contribution in [3.05, 3.63) is 52.2 Å². The van der Waals surface area contributed by atoms with E-state index < -0.39 is 0 Å². The number of ether oxygens (including phenoxy) is 2. The summed E-state index contributed by atoms with van der Waals surface area (Å²) in [7, 11) is 1.70. The Bertz CT molecular complexity index is 652. The molecule has 1 heterocycles. The third kappa shape index (κ3) is 5.73. The van der Waals surface area contributed by atoms with Gasteiger partial charge in [0.15, 0.2) is 17.5 Å². The van der Waals surface area contributed by atoms with Crippen molar-refractivity contribution >= 4 is 33.4 Å². The number of rotatable bonds is 7. The van der Waals surface area contributed by atoms with Crippen LogP contribution in [0.25, 0.3) is 0 Å². The zero-order valence-electron chi connectivity index (χ0n) is 12.5. The van der Waals surface area contributed by atoms with Crippen LogP contribution < -0.4 is 9.47 Å². The molecule has 0 saturated heterocycles. The first-order valence-corrected chi connectivity index (χ1v) is 8.09. The van der Waals surface area contributed by atoms with Crippen LogP contribution in [0.5, 0.6) is 11.5 Å². The van der Waals surface area contributed by atoms with Gasteiger partial charge >= 0.3 is 0 Å². The lowest BCUT2D eigenvalue weighted by Crippen LogP contribution is -2.34. The van der Waals surface area contributed by atoms with E-state index in [1.807, 2.05) is 24.3 Å². The molecule has 2 aromatic rings. The Balaban J connectivity index is 1.72. The molecule has 0 unspecified atom stereocenters. The van der Waals surface area contributed by atoms with E-state index in [4.69, 9.17) is 21.1 Å². The zero-order valence-corrected chi connectivity index (χ0v) is 14.9. The largest absolute Gasteiger partial charge is 0.492 e. The number of aromatic nitrogens is 1. The quantitative estimate of drug-likeness (QED) is 0.670. The average Bonchev–Trinajstić information content (AvgIpc) is 2.55. The topological polar surface area (TPSA) is 51.7 Å². The fraction of sp³-hybridized carbons (Fsp3) is 0.250. The summed E-state index contributed by atoms with van der Waals surface area (Å²) >= 11 is 9.23. The van der Waals surface area contributed by atoms with Gasteiger partial charge < -0.3 is 14.4 Å². The predicted octanol–water partition coefficient (Wildman–Crippen LogP) is 3.41. The number of halogens is 2. The minimum Gasteiger partial charge on any atom is -0.492 e. The molecule has 1 amide bonds. The highest BCUT2D eigenvalue weighted by molar-refractivity contribution is 9.10. The molecule has 0 atom stereocenters. The summed E-state index contributed by atoms with van der Waals surface area (Å²) in [6.45, 7) is 0.761. The van der Waals surface area contributed by atoms with Crippen molar-refractivity contribution in [2.45, 2.75) is 0 Å². The van der Waals surface area contributed by atoms with Crippen LogP contribution in [0, 0.1) is 0 Å². The summed E-state index contributed by atoms with van der Waals surface area (Å²) in [5.41, 5.74) is 0. The van der Waals surface area contributed by atoms with Gasteiger partial charge in [0.25, 0.3) is 5.91 Å². The molecule has 0 spiro atoms. The first-order chi connectivity index (χ1) is 11.1. The third-order valence-electron chi connectivity index (χ3n) is 3.01. The standard InChI is InChI=1S/C16H16BrClN2O3/c1-20(9-10-22-13-6-4-12(17)5-7-13)15(21)11-23-14-3-2-8-19-16(14)18/h2-8H,9-11H2,1H3. The van der Waals surface area contributed by atoms with E-state index in [0.29, 0.717) is 18.9 Å². The van der Waals surface area contributed by atoms with Crippen molar-refractivity contribution in [2.24, 2.45) is 0 Å². The van der Waals surface area contributed by atoms with Gasteiger partial charge in [-0.1, -0.05) is 27.5 Å². The molecule has 122 valence electrons. The van der Waals surface area contributed by atoms with Gasteiger partial charge in [0.1, 0.15) is 12.4 Å². The van der Waals surface area contributed by atoms with Gasteiger partial charge in [-0.05, 0) is 36.4 Å². The van der Waals surface area contributed by atoms with Gasteiger partial charge in [0.2, 0.25) is 0 Å². The first-order valence-electron chi connectivity index (χ1n) is 6.92. The molecule has 0 fully saturated rings. The number of likely N-dealkylation sites (N-methyl/N-ethyl adjacent to an activating group) is 1. The summed E-state index contributed by atoms with van der Waals surface area (Å²) in [5.74, 6) is 0.985. The SMILES string of the molecule is CN(CCOc1ccc(Br)cc1)C(=O)COc1cccnc1Cl. The second kappa shape index (κ2) is 8.74. The smallest absolute Gasteiger partial charge is 0.260 e. The third-order valence-corrected chi connectivity index (χ3v) is 3.82.